The number of phenolic OH excluding ortho intramolecular Hbond substituents is 4. The van der Waals surface area contributed by atoms with Crippen molar-refractivity contribution in [3.8, 4) is 23.0 Å². The Morgan fingerprint density at radius 2 is 0.500 bits per heavy atom. The monoisotopic (exact) mass is 1320 g/mol. The summed E-state index contributed by atoms with van der Waals surface area (Å²) in [5.41, 5.74) is 10.7. The summed E-state index contributed by atoms with van der Waals surface area (Å²) in [5, 5.41) is 52.5. The second-order valence-corrected chi connectivity index (χ2v) is 38.9. The summed E-state index contributed by atoms with van der Waals surface area (Å²) in [6.45, 7) is 0. The third-order valence-corrected chi connectivity index (χ3v) is 29.8. The van der Waals surface area contributed by atoms with E-state index in [2.05, 4.69) is 48.5 Å². The van der Waals surface area contributed by atoms with Gasteiger partial charge >= 0.3 is 0 Å². The zero-order chi connectivity index (χ0) is 65.1. The molecule has 14 heteroatoms. The second-order valence-electron chi connectivity index (χ2n) is 32.9. The van der Waals surface area contributed by atoms with E-state index in [0.717, 1.165) is 150 Å². The van der Waals surface area contributed by atoms with Crippen LogP contribution in [0.3, 0.4) is 0 Å². The normalized spacial score (nSPS) is 32.6. The van der Waals surface area contributed by atoms with E-state index in [1.54, 1.807) is 48.5 Å². The van der Waals surface area contributed by atoms with Crippen molar-refractivity contribution in [2.75, 3.05) is 18.8 Å². The molecule has 11 nitrogen and oxygen atoms in total. The molecular weight excluding hydrogens is 1230 g/mol. The quantitative estimate of drug-likeness (QED) is 0.0950. The Bertz CT molecular complexity index is 4470. The summed E-state index contributed by atoms with van der Waals surface area (Å²) in [6.07, 6.45) is 23.0. The van der Waals surface area contributed by atoms with Crippen LogP contribution in [0.25, 0.3) is 0 Å². The maximum absolute atomic E-state index is 13.4. The third kappa shape index (κ3) is 9.74. The molecule has 0 aliphatic heterocycles. The van der Waals surface area contributed by atoms with Crippen LogP contribution in [0, 0.1) is 35.5 Å². The maximum Gasteiger partial charge on any atom is 0.175 e. The Morgan fingerprint density at radius 1 is 0.309 bits per heavy atom. The minimum absolute atomic E-state index is 0.000172. The maximum atomic E-state index is 13.4. The molecule has 13 aliphatic rings. The van der Waals surface area contributed by atoms with Crippen molar-refractivity contribution >= 4 is 35.8 Å². The van der Waals surface area contributed by atoms with Gasteiger partial charge in [-0.25, -0.2) is 25.3 Å². The van der Waals surface area contributed by atoms with Crippen LogP contribution in [-0.4, -0.2) is 70.7 Å². The van der Waals surface area contributed by atoms with Gasteiger partial charge in [-0.05, 0) is 310 Å². The van der Waals surface area contributed by atoms with Crippen LogP contribution in [0.15, 0.2) is 136 Å². The highest BCUT2D eigenvalue weighted by atomic mass is 32.2. The molecule has 94 heavy (non-hydrogen) atoms. The molecule has 13 aliphatic carbocycles. The summed E-state index contributed by atoms with van der Waals surface area (Å²) >= 11 is 0. The van der Waals surface area contributed by atoms with E-state index in [-0.39, 0.29) is 81.2 Å². The van der Waals surface area contributed by atoms with Crippen molar-refractivity contribution in [1.29, 1.82) is 0 Å². The van der Waals surface area contributed by atoms with Crippen molar-refractivity contribution in [1.82, 2.24) is 0 Å². The molecule has 4 N–H and O–H groups in total. The van der Waals surface area contributed by atoms with Gasteiger partial charge < -0.3 is 20.4 Å². The summed E-state index contributed by atoms with van der Waals surface area (Å²) in [6, 6.07) is 39.5. The summed E-state index contributed by atoms with van der Waals surface area (Å²) in [7, 11) is -10.2. The average Bonchev–Trinajstić information content (AvgIpc) is 0.718. The van der Waals surface area contributed by atoms with Crippen LogP contribution >= 0.6 is 0 Å². The van der Waals surface area contributed by atoms with Gasteiger partial charge in [0.1, 0.15) is 29.3 Å². The average molecular weight is 1320 g/mol. The fourth-order valence-electron chi connectivity index (χ4n) is 23.9. The van der Waals surface area contributed by atoms with E-state index in [4.69, 9.17) is 0 Å². The van der Waals surface area contributed by atoms with Crippen LogP contribution in [0.5, 0.6) is 23.0 Å². The Balaban J connectivity index is 0.843. The highest BCUT2D eigenvalue weighted by molar-refractivity contribution is 7.91. The van der Waals surface area contributed by atoms with Crippen LogP contribution in [0.4, 0.5) is 0 Å². The number of sulfone groups is 3. The number of benzene rings is 7. The van der Waals surface area contributed by atoms with Gasteiger partial charge in [0.2, 0.25) is 0 Å². The molecule has 0 spiro atoms. The van der Waals surface area contributed by atoms with Gasteiger partial charge in [0.05, 0.1) is 14.7 Å². The molecule has 20 bridgehead atoms. The van der Waals surface area contributed by atoms with Crippen LogP contribution in [0.2, 0.25) is 0 Å². The molecular formula is C80H84O11S3. The predicted octanol–water partition coefficient (Wildman–Crippen LogP) is 14.6. The first-order chi connectivity index (χ1) is 44.6. The van der Waals surface area contributed by atoms with Gasteiger partial charge in [0.15, 0.2) is 29.5 Å². The predicted molar refractivity (Wildman–Crippen MR) is 362 cm³/mol. The number of rotatable bonds is 10. The van der Waals surface area contributed by atoms with Gasteiger partial charge in [-0.2, -0.15) is 0 Å². The van der Waals surface area contributed by atoms with E-state index in [0.29, 0.717) is 100 Å². The Hall–Kier alpha value is -6.74. The lowest BCUT2D eigenvalue weighted by Crippen LogP contribution is -2.56. The fourth-order valence-corrected chi connectivity index (χ4v) is 25.8. The molecule has 12 fully saturated rings. The Labute approximate surface area is 553 Å². The molecule has 7 aromatic carbocycles. The highest BCUT2D eigenvalue weighted by Crippen LogP contribution is 2.70. The lowest BCUT2D eigenvalue weighted by Gasteiger charge is -2.63. The molecule has 12 saturated carbocycles. The van der Waals surface area contributed by atoms with Crippen LogP contribution in [0.1, 0.15) is 204 Å². The smallest absolute Gasteiger partial charge is 0.175 e. The molecule has 0 heterocycles. The van der Waals surface area contributed by atoms with E-state index < -0.39 is 29.5 Å². The van der Waals surface area contributed by atoms with Crippen molar-refractivity contribution in [3.05, 3.63) is 205 Å². The third-order valence-electron chi connectivity index (χ3n) is 26.5. The standard InChI is InChI=1S/C80H84O11S3/c1-92(86,87)68-10-4-62(5-11-68)75-31-48-16-49(32-75)38-78(37-48,44-75)65-25-56-21-54-19-47(43-81)20-55(71(54)82)22-57-26-66(79-39-50-17-51(40-79)34-76(33-50,45-79)63-6-12-69(13-7-63)93(2,88)89)28-59(73(57)84)24-61-30-67(29-60(74(61)85)23-58(27-65)72(56)83)80-41-52-18-53(42-80)36-77(35-52,46-80)64-8-14-70(15-9-64)94(3,90)91/h4-15,19-20,25-30,43,48-53,82-85H,16-18,21-24,31-42,44-46H2,1-3H3/t48-,49+,50-,51+,52-,53+,75?,76?,77?,78?,79?,80?. The summed E-state index contributed by atoms with van der Waals surface area (Å²) in [5.74, 6) is 2.88. The molecule has 488 valence electrons. The lowest BCUT2D eigenvalue weighted by atomic mass is 9.41. The van der Waals surface area contributed by atoms with Crippen LogP contribution in [-0.2, 0) is 87.7 Å². The molecule has 0 aromatic heterocycles. The van der Waals surface area contributed by atoms with Crippen molar-refractivity contribution < 1.29 is 50.5 Å². The van der Waals surface area contributed by atoms with E-state index in [1.807, 2.05) is 24.3 Å². The topological polar surface area (TPSA) is 200 Å². The number of aldehydes is 1. The molecule has 0 saturated heterocycles. The summed E-state index contributed by atoms with van der Waals surface area (Å²) in [4.78, 5) is 14.1. The minimum Gasteiger partial charge on any atom is -0.507 e. The lowest BCUT2D eigenvalue weighted by molar-refractivity contribution is -0.0283. The SMILES string of the molecule is CS(=O)(=O)c1ccc(C23C[C@H]4C[C@@H](C2)CC(c2cc5c(O)c(c2)Cc2cc(C67C[C@@H]8C[C@@H](CC(c9ccc(S(C)(=O)=O)cc9)(C8)C6)C7)cc(c2O)Cc2cc(C67C[C@@H]8C[C@@H](CC(c9ccc(S(C)(=O)=O)cc9)(C8)C6)C7)cc(c2O)Cc2cc(C=O)cc(c2O)C5)(C4)C3)cc1. The first-order valence-corrected chi connectivity index (χ1v) is 40.1. The van der Waals surface area contributed by atoms with Crippen molar-refractivity contribution in [2.45, 2.75) is 188 Å². The zero-order valence-electron chi connectivity index (χ0n) is 54.0. The van der Waals surface area contributed by atoms with E-state index in [9.17, 15) is 50.5 Å². The second kappa shape index (κ2) is 20.6. The van der Waals surface area contributed by atoms with Gasteiger partial charge in [0, 0.05) is 50.0 Å². The van der Waals surface area contributed by atoms with Gasteiger partial charge in [-0.1, -0.05) is 72.8 Å². The largest absolute Gasteiger partial charge is 0.507 e. The highest BCUT2D eigenvalue weighted by Gasteiger charge is 2.62. The molecule has 0 radical (unpaired) electrons. The Morgan fingerprint density at radius 3 is 0.691 bits per heavy atom. The first kappa shape index (κ1) is 60.9. The molecule has 6 unspecified atom stereocenters. The van der Waals surface area contributed by atoms with Crippen molar-refractivity contribution in [2.24, 2.45) is 35.5 Å². The number of hydrogen-bond donors (Lipinski definition) is 4. The summed E-state index contributed by atoms with van der Waals surface area (Å²) < 4.78 is 76.6. The van der Waals surface area contributed by atoms with E-state index >= 15 is 0 Å². The van der Waals surface area contributed by atoms with E-state index in [1.165, 1.54) is 24.3 Å². The first-order valence-electron chi connectivity index (χ1n) is 34.4. The van der Waals surface area contributed by atoms with Crippen molar-refractivity contribution in [3.63, 3.8) is 0 Å². The molecule has 20 rings (SSSR count). The molecule has 7 aromatic rings. The van der Waals surface area contributed by atoms with Gasteiger partial charge in [-0.15, -0.1) is 0 Å². The van der Waals surface area contributed by atoms with Gasteiger partial charge in [-0.3, -0.25) is 4.79 Å². The van der Waals surface area contributed by atoms with Gasteiger partial charge in [0.25, 0.3) is 0 Å². The zero-order valence-corrected chi connectivity index (χ0v) is 56.5. The minimum atomic E-state index is -3.41. The number of hydrogen-bond acceptors (Lipinski definition) is 11. The number of fused-ring (bicyclic) bond motifs is 8. The van der Waals surface area contributed by atoms with Crippen LogP contribution < -0.4 is 0 Å². The fraction of sp³-hybridized carbons (Fsp3) is 0.463. The number of carbonyl (C=O) groups is 1. The number of phenols is 4. The number of aromatic hydroxyl groups is 4. The molecule has 12 atom stereocenters. The Kier molecular flexibility index (Phi) is 13.4. The molecule has 0 amide bonds. The number of carbonyl (C=O) groups excluding carboxylic acids is 1.